The number of urea groups is 1. The molecule has 4 rings (SSSR count). The Morgan fingerprint density at radius 1 is 1.16 bits per heavy atom. The predicted molar refractivity (Wildman–Crippen MR) is 90.1 cm³/mol. The molecule has 0 saturated carbocycles. The molecule has 6 heteroatoms. The number of fused-ring (bicyclic) bond motifs is 1. The highest BCUT2D eigenvalue weighted by Gasteiger charge is 2.28. The predicted octanol–water partition coefficient (Wildman–Crippen LogP) is 3.25. The molecule has 2 aliphatic rings. The fourth-order valence-electron chi connectivity index (χ4n) is 3.28. The summed E-state index contributed by atoms with van der Waals surface area (Å²) < 4.78 is 23.7. The maximum absolute atomic E-state index is 12.9. The highest BCUT2D eigenvalue weighted by molar-refractivity contribution is 5.74. The zero-order valence-electron chi connectivity index (χ0n) is 13.7. The van der Waals surface area contributed by atoms with Crippen LogP contribution in [0.25, 0.3) is 0 Å². The second kappa shape index (κ2) is 6.63. The average Bonchev–Trinajstić information content (AvgIpc) is 3.29. The monoisotopic (exact) mass is 342 g/mol. The molecule has 130 valence electrons. The van der Waals surface area contributed by atoms with Gasteiger partial charge in [-0.1, -0.05) is 18.2 Å². The number of carbonyl (C=O) groups is 1. The Morgan fingerprint density at radius 3 is 2.80 bits per heavy atom. The van der Waals surface area contributed by atoms with E-state index in [0.717, 1.165) is 29.0 Å². The van der Waals surface area contributed by atoms with Crippen LogP contribution in [0.3, 0.4) is 0 Å². The minimum absolute atomic E-state index is 0.0902. The molecule has 2 aromatic rings. The average molecular weight is 342 g/mol. The zero-order valence-corrected chi connectivity index (χ0v) is 13.7. The molecule has 0 aromatic heterocycles. The Morgan fingerprint density at radius 2 is 1.96 bits per heavy atom. The Kier molecular flexibility index (Phi) is 4.17. The van der Waals surface area contributed by atoms with Gasteiger partial charge < -0.3 is 19.7 Å². The van der Waals surface area contributed by atoms with Crippen molar-refractivity contribution in [3.8, 4) is 11.5 Å². The van der Waals surface area contributed by atoms with E-state index in [0.29, 0.717) is 25.6 Å². The van der Waals surface area contributed by atoms with Gasteiger partial charge in [0.15, 0.2) is 11.5 Å². The molecule has 0 bridgehead atoms. The fourth-order valence-corrected chi connectivity index (χ4v) is 3.28. The summed E-state index contributed by atoms with van der Waals surface area (Å²) in [7, 11) is 0. The van der Waals surface area contributed by atoms with Gasteiger partial charge in [-0.25, -0.2) is 9.18 Å². The van der Waals surface area contributed by atoms with E-state index in [1.165, 1.54) is 12.1 Å². The van der Waals surface area contributed by atoms with Crippen LogP contribution in [-0.4, -0.2) is 30.8 Å². The molecule has 1 saturated heterocycles. The SMILES string of the molecule is O=C(NCc1ccc(F)cc1)N1CCC(c2ccc3c(c2)OCO3)C1. The van der Waals surface area contributed by atoms with Gasteiger partial charge in [-0.05, 0) is 41.8 Å². The summed E-state index contributed by atoms with van der Waals surface area (Å²) >= 11 is 0. The Labute approximate surface area is 145 Å². The van der Waals surface area contributed by atoms with E-state index in [2.05, 4.69) is 5.32 Å². The van der Waals surface area contributed by atoms with Crippen molar-refractivity contribution in [2.45, 2.75) is 18.9 Å². The number of amides is 2. The van der Waals surface area contributed by atoms with Crippen LogP contribution in [0.5, 0.6) is 11.5 Å². The van der Waals surface area contributed by atoms with Crippen LogP contribution >= 0.6 is 0 Å². The molecule has 1 atom stereocenters. The topological polar surface area (TPSA) is 50.8 Å². The lowest BCUT2D eigenvalue weighted by Gasteiger charge is -2.18. The van der Waals surface area contributed by atoms with E-state index in [-0.39, 0.29) is 18.6 Å². The largest absolute Gasteiger partial charge is 0.454 e. The number of ether oxygens (including phenoxy) is 2. The van der Waals surface area contributed by atoms with E-state index in [1.807, 2.05) is 23.1 Å². The minimum Gasteiger partial charge on any atom is -0.454 e. The van der Waals surface area contributed by atoms with Gasteiger partial charge >= 0.3 is 6.03 Å². The number of halogens is 1. The van der Waals surface area contributed by atoms with Crippen LogP contribution < -0.4 is 14.8 Å². The lowest BCUT2D eigenvalue weighted by atomic mass is 9.98. The third-order valence-corrected chi connectivity index (χ3v) is 4.70. The highest BCUT2D eigenvalue weighted by atomic mass is 19.1. The first kappa shape index (κ1) is 15.7. The van der Waals surface area contributed by atoms with Gasteiger partial charge in [-0.2, -0.15) is 0 Å². The van der Waals surface area contributed by atoms with Gasteiger partial charge in [0.05, 0.1) is 0 Å². The molecule has 1 fully saturated rings. The van der Waals surface area contributed by atoms with Crippen LogP contribution in [-0.2, 0) is 6.54 Å². The standard InChI is InChI=1S/C19H19FN2O3/c20-16-4-1-13(2-5-16)10-21-19(23)22-8-7-15(11-22)14-3-6-17-18(9-14)25-12-24-17/h1-6,9,15H,7-8,10-12H2,(H,21,23). The molecular weight excluding hydrogens is 323 g/mol. The van der Waals surface area contributed by atoms with Crippen molar-refractivity contribution in [3.05, 3.63) is 59.4 Å². The zero-order chi connectivity index (χ0) is 17.2. The third kappa shape index (κ3) is 3.38. The van der Waals surface area contributed by atoms with Crippen molar-refractivity contribution >= 4 is 6.03 Å². The summed E-state index contributed by atoms with van der Waals surface area (Å²) in [5, 5.41) is 2.89. The first-order chi connectivity index (χ1) is 12.2. The highest BCUT2D eigenvalue weighted by Crippen LogP contribution is 2.37. The summed E-state index contributed by atoms with van der Waals surface area (Å²) in [5.41, 5.74) is 2.04. The van der Waals surface area contributed by atoms with Gasteiger partial charge in [-0.15, -0.1) is 0 Å². The van der Waals surface area contributed by atoms with Gasteiger partial charge in [-0.3, -0.25) is 0 Å². The van der Waals surface area contributed by atoms with Crippen molar-refractivity contribution < 1.29 is 18.7 Å². The van der Waals surface area contributed by atoms with Crippen LogP contribution in [0, 0.1) is 5.82 Å². The van der Waals surface area contributed by atoms with E-state index in [9.17, 15) is 9.18 Å². The summed E-state index contributed by atoms with van der Waals surface area (Å²) in [6.07, 6.45) is 0.920. The van der Waals surface area contributed by atoms with Gasteiger partial charge in [0.2, 0.25) is 6.79 Å². The Bertz CT molecular complexity index is 779. The summed E-state index contributed by atoms with van der Waals surface area (Å²) in [6, 6.07) is 12.0. The lowest BCUT2D eigenvalue weighted by molar-refractivity contribution is 0.174. The first-order valence-corrected chi connectivity index (χ1v) is 8.36. The van der Waals surface area contributed by atoms with Crippen molar-refractivity contribution in [1.29, 1.82) is 0 Å². The molecule has 2 aliphatic heterocycles. The number of likely N-dealkylation sites (tertiary alicyclic amines) is 1. The van der Waals surface area contributed by atoms with Crippen LogP contribution in [0.2, 0.25) is 0 Å². The molecule has 1 N–H and O–H groups in total. The van der Waals surface area contributed by atoms with Crippen molar-refractivity contribution in [2.24, 2.45) is 0 Å². The summed E-state index contributed by atoms with van der Waals surface area (Å²) in [5.74, 6) is 1.57. The lowest BCUT2D eigenvalue weighted by Crippen LogP contribution is -2.37. The van der Waals surface area contributed by atoms with Gasteiger partial charge in [0, 0.05) is 25.6 Å². The van der Waals surface area contributed by atoms with Crippen molar-refractivity contribution in [3.63, 3.8) is 0 Å². The van der Waals surface area contributed by atoms with Crippen LogP contribution in [0.4, 0.5) is 9.18 Å². The van der Waals surface area contributed by atoms with E-state index >= 15 is 0 Å². The van der Waals surface area contributed by atoms with Crippen LogP contribution in [0.15, 0.2) is 42.5 Å². The molecule has 2 aromatic carbocycles. The molecular formula is C19H19FN2O3. The van der Waals surface area contributed by atoms with E-state index in [1.54, 1.807) is 12.1 Å². The summed E-state index contributed by atoms with van der Waals surface area (Å²) in [4.78, 5) is 14.2. The van der Waals surface area contributed by atoms with E-state index < -0.39 is 0 Å². The minimum atomic E-state index is -0.277. The molecule has 0 radical (unpaired) electrons. The number of hydrogen-bond acceptors (Lipinski definition) is 3. The maximum Gasteiger partial charge on any atom is 0.317 e. The second-order valence-electron chi connectivity index (χ2n) is 6.33. The Balaban J connectivity index is 1.34. The number of hydrogen-bond donors (Lipinski definition) is 1. The maximum atomic E-state index is 12.9. The quantitative estimate of drug-likeness (QED) is 0.931. The molecule has 0 aliphatic carbocycles. The molecule has 1 unspecified atom stereocenters. The third-order valence-electron chi connectivity index (χ3n) is 4.70. The number of nitrogens with zero attached hydrogens (tertiary/aromatic N) is 1. The number of rotatable bonds is 3. The molecule has 5 nitrogen and oxygen atoms in total. The normalized spacial score (nSPS) is 18.4. The smallest absolute Gasteiger partial charge is 0.317 e. The van der Waals surface area contributed by atoms with Gasteiger partial charge in [0.1, 0.15) is 5.82 Å². The van der Waals surface area contributed by atoms with Gasteiger partial charge in [0.25, 0.3) is 0 Å². The van der Waals surface area contributed by atoms with Crippen molar-refractivity contribution in [1.82, 2.24) is 10.2 Å². The van der Waals surface area contributed by atoms with Crippen molar-refractivity contribution in [2.75, 3.05) is 19.9 Å². The number of carbonyl (C=O) groups excluding carboxylic acids is 1. The number of nitrogens with one attached hydrogen (secondary N) is 1. The Hall–Kier alpha value is -2.76. The second-order valence-corrected chi connectivity index (χ2v) is 6.33. The van der Waals surface area contributed by atoms with Crippen LogP contribution in [0.1, 0.15) is 23.5 Å². The molecule has 2 amide bonds. The molecule has 0 spiro atoms. The summed E-state index contributed by atoms with van der Waals surface area (Å²) in [6.45, 7) is 2.05. The van der Waals surface area contributed by atoms with E-state index in [4.69, 9.17) is 9.47 Å². The number of benzene rings is 2. The fraction of sp³-hybridized carbons (Fsp3) is 0.316. The first-order valence-electron chi connectivity index (χ1n) is 8.36. The molecule has 2 heterocycles. The molecule has 25 heavy (non-hydrogen) atoms.